The first kappa shape index (κ1) is 13.2. The Morgan fingerprint density at radius 2 is 1.78 bits per heavy atom. The van der Waals surface area contributed by atoms with Crippen LogP contribution in [0.2, 0.25) is 0 Å². The van der Waals surface area contributed by atoms with Crippen molar-refractivity contribution in [3.63, 3.8) is 0 Å². The van der Waals surface area contributed by atoms with Crippen LogP contribution in [-0.4, -0.2) is 26.9 Å². The number of fused-ring (bicyclic) bond motifs is 1. The molecule has 18 heavy (non-hydrogen) atoms. The van der Waals surface area contributed by atoms with Crippen LogP contribution in [0.1, 0.15) is 24.0 Å². The van der Waals surface area contributed by atoms with E-state index in [1.165, 1.54) is 5.56 Å². The molecule has 0 spiro atoms. The summed E-state index contributed by atoms with van der Waals surface area (Å²) in [5.41, 5.74) is 7.78. The Hall–Kier alpha value is -1.26. The van der Waals surface area contributed by atoms with Gasteiger partial charge in [-0.1, -0.05) is 12.1 Å². The van der Waals surface area contributed by atoms with Gasteiger partial charge < -0.3 is 19.9 Å². The van der Waals surface area contributed by atoms with Crippen LogP contribution in [0.4, 0.5) is 0 Å². The SMILES string of the molecule is COCc1ccc(CCCCN)c2c1OCCO2. The maximum atomic E-state index is 5.76. The van der Waals surface area contributed by atoms with Gasteiger partial charge in [-0.25, -0.2) is 0 Å². The van der Waals surface area contributed by atoms with Crippen molar-refractivity contribution >= 4 is 0 Å². The first-order valence-electron chi connectivity index (χ1n) is 6.46. The first-order valence-corrected chi connectivity index (χ1v) is 6.46. The molecule has 0 amide bonds. The van der Waals surface area contributed by atoms with Gasteiger partial charge in [-0.15, -0.1) is 0 Å². The smallest absolute Gasteiger partial charge is 0.167 e. The molecular formula is C14H21NO3. The third kappa shape index (κ3) is 2.94. The molecule has 0 radical (unpaired) electrons. The number of ether oxygens (including phenoxy) is 3. The lowest BCUT2D eigenvalue weighted by Crippen LogP contribution is -2.18. The number of methoxy groups -OCH3 is 1. The van der Waals surface area contributed by atoms with Gasteiger partial charge in [0, 0.05) is 12.7 Å². The largest absolute Gasteiger partial charge is 0.486 e. The minimum Gasteiger partial charge on any atom is -0.486 e. The summed E-state index contributed by atoms with van der Waals surface area (Å²) < 4.78 is 16.7. The van der Waals surface area contributed by atoms with Crippen LogP contribution in [-0.2, 0) is 17.8 Å². The predicted octanol–water partition coefficient (Wildman–Crippen LogP) is 1.89. The summed E-state index contributed by atoms with van der Waals surface area (Å²) in [4.78, 5) is 0. The van der Waals surface area contributed by atoms with Crippen molar-refractivity contribution in [2.75, 3.05) is 26.9 Å². The number of hydrogen-bond donors (Lipinski definition) is 1. The second kappa shape index (κ2) is 6.61. The molecule has 1 aromatic carbocycles. The second-order valence-corrected chi connectivity index (χ2v) is 4.42. The van der Waals surface area contributed by atoms with E-state index in [-0.39, 0.29) is 0 Å². The lowest BCUT2D eigenvalue weighted by atomic mass is 10.0. The Morgan fingerprint density at radius 3 is 2.44 bits per heavy atom. The van der Waals surface area contributed by atoms with Crippen LogP contribution in [0, 0.1) is 0 Å². The molecule has 2 rings (SSSR count). The van der Waals surface area contributed by atoms with E-state index in [4.69, 9.17) is 19.9 Å². The van der Waals surface area contributed by atoms with E-state index in [9.17, 15) is 0 Å². The molecule has 4 heteroatoms. The Bertz CT molecular complexity index is 393. The summed E-state index contributed by atoms with van der Waals surface area (Å²) in [7, 11) is 1.69. The molecule has 100 valence electrons. The number of unbranched alkanes of at least 4 members (excludes halogenated alkanes) is 1. The van der Waals surface area contributed by atoms with Crippen molar-refractivity contribution in [3.05, 3.63) is 23.3 Å². The van der Waals surface area contributed by atoms with Crippen LogP contribution >= 0.6 is 0 Å². The van der Waals surface area contributed by atoms with Crippen molar-refractivity contribution in [3.8, 4) is 11.5 Å². The number of rotatable bonds is 6. The summed E-state index contributed by atoms with van der Waals surface area (Å²) in [5.74, 6) is 1.75. The van der Waals surface area contributed by atoms with Crippen LogP contribution in [0.3, 0.4) is 0 Å². The van der Waals surface area contributed by atoms with Gasteiger partial charge in [0.1, 0.15) is 13.2 Å². The molecule has 2 N–H and O–H groups in total. The van der Waals surface area contributed by atoms with Crippen molar-refractivity contribution in [2.24, 2.45) is 5.73 Å². The maximum absolute atomic E-state index is 5.76. The van der Waals surface area contributed by atoms with E-state index < -0.39 is 0 Å². The highest BCUT2D eigenvalue weighted by Gasteiger charge is 2.19. The van der Waals surface area contributed by atoms with E-state index in [1.807, 2.05) is 0 Å². The summed E-state index contributed by atoms with van der Waals surface area (Å²) in [6.07, 6.45) is 3.10. The monoisotopic (exact) mass is 251 g/mol. The van der Waals surface area contributed by atoms with Gasteiger partial charge in [-0.05, 0) is 31.4 Å². The number of hydrogen-bond acceptors (Lipinski definition) is 4. The van der Waals surface area contributed by atoms with Crippen molar-refractivity contribution in [2.45, 2.75) is 25.9 Å². The first-order chi connectivity index (χ1) is 8.86. The Kier molecular flexibility index (Phi) is 4.84. The minimum atomic E-state index is 0.550. The highest BCUT2D eigenvalue weighted by molar-refractivity contribution is 5.52. The average Bonchev–Trinajstić information content (AvgIpc) is 2.41. The summed E-state index contributed by atoms with van der Waals surface area (Å²) in [6, 6.07) is 4.17. The predicted molar refractivity (Wildman–Crippen MR) is 70.1 cm³/mol. The van der Waals surface area contributed by atoms with Crippen LogP contribution in [0.5, 0.6) is 11.5 Å². The van der Waals surface area contributed by atoms with Gasteiger partial charge in [0.2, 0.25) is 0 Å². The molecule has 1 aliphatic rings. The molecule has 0 saturated heterocycles. The zero-order chi connectivity index (χ0) is 12.8. The van der Waals surface area contributed by atoms with Crippen molar-refractivity contribution in [1.29, 1.82) is 0 Å². The fourth-order valence-corrected chi connectivity index (χ4v) is 2.17. The van der Waals surface area contributed by atoms with Crippen LogP contribution in [0.15, 0.2) is 12.1 Å². The topological polar surface area (TPSA) is 53.7 Å². The molecule has 0 aromatic heterocycles. The molecule has 0 fully saturated rings. The highest BCUT2D eigenvalue weighted by Crippen LogP contribution is 2.38. The van der Waals surface area contributed by atoms with Gasteiger partial charge in [0.15, 0.2) is 11.5 Å². The third-order valence-corrected chi connectivity index (χ3v) is 3.05. The number of benzene rings is 1. The molecule has 1 aromatic rings. The minimum absolute atomic E-state index is 0.550. The Labute approximate surface area is 108 Å². The molecule has 0 aliphatic carbocycles. The average molecular weight is 251 g/mol. The highest BCUT2D eigenvalue weighted by atomic mass is 16.6. The Morgan fingerprint density at radius 1 is 1.11 bits per heavy atom. The van der Waals surface area contributed by atoms with Gasteiger partial charge in [-0.3, -0.25) is 0 Å². The molecule has 1 heterocycles. The van der Waals surface area contributed by atoms with Crippen LogP contribution in [0.25, 0.3) is 0 Å². The quantitative estimate of drug-likeness (QED) is 0.784. The number of aryl methyl sites for hydroxylation is 1. The summed E-state index contributed by atoms with van der Waals surface area (Å²) in [5, 5.41) is 0. The van der Waals surface area contributed by atoms with Gasteiger partial charge in [-0.2, -0.15) is 0 Å². The zero-order valence-electron chi connectivity index (χ0n) is 10.9. The Balaban J connectivity index is 2.20. The lowest BCUT2D eigenvalue weighted by Gasteiger charge is -2.23. The van der Waals surface area contributed by atoms with Crippen LogP contribution < -0.4 is 15.2 Å². The molecule has 0 atom stereocenters. The van der Waals surface area contributed by atoms with Gasteiger partial charge in [0.05, 0.1) is 6.61 Å². The molecule has 4 nitrogen and oxygen atoms in total. The maximum Gasteiger partial charge on any atom is 0.167 e. The van der Waals surface area contributed by atoms with E-state index in [1.54, 1.807) is 7.11 Å². The molecule has 0 unspecified atom stereocenters. The summed E-state index contributed by atoms with van der Waals surface area (Å²) >= 11 is 0. The van der Waals surface area contributed by atoms with E-state index in [2.05, 4.69) is 12.1 Å². The number of nitrogens with two attached hydrogens (primary N) is 1. The van der Waals surface area contributed by atoms with Gasteiger partial charge in [0.25, 0.3) is 0 Å². The molecule has 0 bridgehead atoms. The fraction of sp³-hybridized carbons (Fsp3) is 0.571. The molecular weight excluding hydrogens is 230 g/mol. The third-order valence-electron chi connectivity index (χ3n) is 3.05. The van der Waals surface area contributed by atoms with E-state index in [0.29, 0.717) is 19.8 Å². The summed E-state index contributed by atoms with van der Waals surface area (Å²) in [6.45, 7) is 2.51. The molecule has 1 aliphatic heterocycles. The zero-order valence-corrected chi connectivity index (χ0v) is 10.9. The second-order valence-electron chi connectivity index (χ2n) is 4.42. The fourth-order valence-electron chi connectivity index (χ4n) is 2.17. The van der Waals surface area contributed by atoms with Gasteiger partial charge >= 0.3 is 0 Å². The molecule has 0 saturated carbocycles. The normalized spacial score (nSPS) is 13.7. The van der Waals surface area contributed by atoms with E-state index in [0.717, 1.165) is 42.9 Å². The van der Waals surface area contributed by atoms with E-state index >= 15 is 0 Å². The standard InChI is InChI=1S/C14H21NO3/c1-16-10-12-6-5-11(4-2-3-7-15)13-14(12)18-9-8-17-13/h5-6H,2-4,7-10,15H2,1H3. The van der Waals surface area contributed by atoms with Crippen molar-refractivity contribution in [1.82, 2.24) is 0 Å². The lowest BCUT2D eigenvalue weighted by molar-refractivity contribution is 0.152. The van der Waals surface area contributed by atoms with Crippen molar-refractivity contribution < 1.29 is 14.2 Å².